The van der Waals surface area contributed by atoms with Crippen LogP contribution in [0.3, 0.4) is 0 Å². The molecule has 0 radical (unpaired) electrons. The van der Waals surface area contributed by atoms with Crippen LogP contribution in [-0.2, 0) is 22.6 Å². The molecule has 0 fully saturated rings. The van der Waals surface area contributed by atoms with Crippen molar-refractivity contribution in [1.29, 1.82) is 0 Å². The Bertz CT molecular complexity index is 626. The number of alkyl halides is 2. The Hall–Kier alpha value is -2.31. The van der Waals surface area contributed by atoms with Crippen molar-refractivity contribution < 1.29 is 23.4 Å². The minimum absolute atomic E-state index is 0.0514. The summed E-state index contributed by atoms with van der Waals surface area (Å²) in [6.07, 6.45) is -5.19. The first-order valence-electron chi connectivity index (χ1n) is 8.47. The highest BCUT2D eigenvalue weighted by Gasteiger charge is 2.39. The van der Waals surface area contributed by atoms with E-state index < -0.39 is 24.5 Å². The average Bonchev–Trinajstić information content (AvgIpc) is 2.63. The zero-order valence-electron chi connectivity index (χ0n) is 14.6. The van der Waals surface area contributed by atoms with E-state index in [1.165, 1.54) is 4.90 Å². The third kappa shape index (κ3) is 5.61. The lowest BCUT2D eigenvalue weighted by molar-refractivity contribution is -0.160. The van der Waals surface area contributed by atoms with Crippen LogP contribution in [0.5, 0.6) is 0 Å². The molecule has 0 saturated carbocycles. The molecule has 0 amide bonds. The lowest BCUT2D eigenvalue weighted by Gasteiger charge is -2.33. The second-order valence-electron chi connectivity index (χ2n) is 5.90. The minimum atomic E-state index is -3.06. The number of hydrogen-bond donors (Lipinski definition) is 1. The SMILES string of the molecule is CCOC(=O)C(C(O)C(F)F)N(Cc1ccccc1)Cc1ccccc1. The van der Waals surface area contributed by atoms with Crippen LogP contribution in [0, 0.1) is 0 Å². The van der Waals surface area contributed by atoms with Crippen molar-refractivity contribution in [2.24, 2.45) is 0 Å². The Morgan fingerprint density at radius 2 is 1.46 bits per heavy atom. The zero-order valence-corrected chi connectivity index (χ0v) is 14.6. The molecule has 2 atom stereocenters. The Balaban J connectivity index is 2.34. The number of ether oxygens (including phenoxy) is 1. The minimum Gasteiger partial charge on any atom is -0.465 e. The van der Waals surface area contributed by atoms with Crippen molar-refractivity contribution in [3.05, 3.63) is 71.8 Å². The molecule has 0 aliphatic heterocycles. The van der Waals surface area contributed by atoms with Gasteiger partial charge in [-0.2, -0.15) is 0 Å². The fraction of sp³-hybridized carbons (Fsp3) is 0.350. The van der Waals surface area contributed by atoms with Crippen molar-refractivity contribution in [3.8, 4) is 0 Å². The van der Waals surface area contributed by atoms with Gasteiger partial charge in [-0.15, -0.1) is 0 Å². The van der Waals surface area contributed by atoms with E-state index in [9.17, 15) is 18.7 Å². The van der Waals surface area contributed by atoms with E-state index in [1.54, 1.807) is 6.92 Å². The second-order valence-corrected chi connectivity index (χ2v) is 5.90. The number of nitrogens with zero attached hydrogens (tertiary/aromatic N) is 1. The lowest BCUT2D eigenvalue weighted by Crippen LogP contribution is -2.51. The number of carbonyl (C=O) groups excluding carboxylic acids is 1. The van der Waals surface area contributed by atoms with Gasteiger partial charge in [-0.3, -0.25) is 9.69 Å². The quantitative estimate of drug-likeness (QED) is 0.695. The highest BCUT2D eigenvalue weighted by atomic mass is 19.3. The Morgan fingerprint density at radius 3 is 1.85 bits per heavy atom. The van der Waals surface area contributed by atoms with Gasteiger partial charge in [0.2, 0.25) is 0 Å². The molecule has 0 bridgehead atoms. The van der Waals surface area contributed by atoms with Crippen LogP contribution >= 0.6 is 0 Å². The first kappa shape index (κ1) is 20.0. The van der Waals surface area contributed by atoms with Gasteiger partial charge in [-0.1, -0.05) is 60.7 Å². The number of carbonyl (C=O) groups is 1. The molecule has 1 N–H and O–H groups in total. The number of hydrogen-bond acceptors (Lipinski definition) is 4. The highest BCUT2D eigenvalue weighted by molar-refractivity contribution is 5.76. The molecule has 2 aromatic rings. The molecule has 0 aromatic heterocycles. The number of esters is 1. The van der Waals surface area contributed by atoms with E-state index in [0.29, 0.717) is 0 Å². The molecule has 4 nitrogen and oxygen atoms in total. The average molecular weight is 363 g/mol. The fourth-order valence-electron chi connectivity index (χ4n) is 2.76. The molecular weight excluding hydrogens is 340 g/mol. The van der Waals surface area contributed by atoms with Gasteiger partial charge in [0.1, 0.15) is 12.1 Å². The first-order valence-corrected chi connectivity index (χ1v) is 8.47. The van der Waals surface area contributed by atoms with Crippen LogP contribution in [0.25, 0.3) is 0 Å². The zero-order chi connectivity index (χ0) is 18.9. The maximum absolute atomic E-state index is 13.2. The molecule has 0 heterocycles. The van der Waals surface area contributed by atoms with Gasteiger partial charge in [0.25, 0.3) is 6.43 Å². The number of aliphatic hydroxyl groups excluding tert-OH is 1. The summed E-state index contributed by atoms with van der Waals surface area (Å²) in [6.45, 7) is 2.10. The maximum Gasteiger partial charge on any atom is 0.326 e. The molecule has 0 spiro atoms. The van der Waals surface area contributed by atoms with E-state index in [4.69, 9.17) is 4.74 Å². The molecule has 2 unspecified atom stereocenters. The van der Waals surface area contributed by atoms with Crippen molar-refractivity contribution in [2.45, 2.75) is 38.6 Å². The summed E-state index contributed by atoms with van der Waals surface area (Å²) < 4.78 is 31.4. The van der Waals surface area contributed by atoms with Crippen LogP contribution in [-0.4, -0.2) is 41.2 Å². The molecule has 0 saturated heterocycles. The van der Waals surface area contributed by atoms with E-state index in [0.717, 1.165) is 11.1 Å². The van der Waals surface area contributed by atoms with Crippen molar-refractivity contribution in [2.75, 3.05) is 6.61 Å². The molecule has 140 valence electrons. The first-order chi connectivity index (χ1) is 12.5. The lowest BCUT2D eigenvalue weighted by atomic mass is 10.1. The summed E-state index contributed by atoms with van der Waals surface area (Å²) in [5.41, 5.74) is 1.69. The van der Waals surface area contributed by atoms with E-state index in [2.05, 4.69) is 0 Å². The van der Waals surface area contributed by atoms with Gasteiger partial charge in [-0.25, -0.2) is 8.78 Å². The van der Waals surface area contributed by atoms with Crippen molar-refractivity contribution in [1.82, 2.24) is 4.90 Å². The van der Waals surface area contributed by atoms with Gasteiger partial charge in [-0.05, 0) is 18.1 Å². The summed E-state index contributed by atoms with van der Waals surface area (Å²) in [5.74, 6) is -0.854. The van der Waals surface area contributed by atoms with Crippen molar-refractivity contribution in [3.63, 3.8) is 0 Å². The summed E-state index contributed by atoms with van der Waals surface area (Å²) in [7, 11) is 0. The Kier molecular flexibility index (Phi) is 7.69. The molecule has 0 aliphatic carbocycles. The van der Waals surface area contributed by atoms with Crippen LogP contribution in [0.4, 0.5) is 8.78 Å². The predicted octanol–water partition coefficient (Wildman–Crippen LogP) is 3.25. The fourth-order valence-corrected chi connectivity index (χ4v) is 2.76. The molecular formula is C20H23F2NO3. The van der Waals surface area contributed by atoms with Crippen molar-refractivity contribution >= 4 is 5.97 Å². The highest BCUT2D eigenvalue weighted by Crippen LogP contribution is 2.20. The normalized spacial score (nSPS) is 13.6. The summed E-state index contributed by atoms with van der Waals surface area (Å²) in [4.78, 5) is 13.9. The largest absolute Gasteiger partial charge is 0.465 e. The van der Waals surface area contributed by atoms with E-state index in [-0.39, 0.29) is 19.7 Å². The van der Waals surface area contributed by atoms with Gasteiger partial charge >= 0.3 is 5.97 Å². The molecule has 0 aliphatic rings. The third-order valence-corrected chi connectivity index (χ3v) is 3.96. The number of rotatable bonds is 9. The van der Waals surface area contributed by atoms with Crippen LogP contribution < -0.4 is 0 Å². The maximum atomic E-state index is 13.2. The van der Waals surface area contributed by atoms with E-state index in [1.807, 2.05) is 60.7 Å². The monoisotopic (exact) mass is 363 g/mol. The topological polar surface area (TPSA) is 49.8 Å². The number of aliphatic hydroxyl groups is 1. The molecule has 2 aromatic carbocycles. The Morgan fingerprint density at radius 1 is 1.00 bits per heavy atom. The third-order valence-electron chi connectivity index (χ3n) is 3.96. The molecule has 2 rings (SSSR count). The number of halogens is 2. The van der Waals surface area contributed by atoms with Crippen LogP contribution in [0.2, 0.25) is 0 Å². The standard InChI is InChI=1S/C20H23F2NO3/c1-2-26-20(25)17(18(24)19(21)22)23(13-15-9-5-3-6-10-15)14-16-11-7-4-8-12-16/h3-12,17-19,24H,2,13-14H2,1H3. The van der Waals surface area contributed by atoms with Gasteiger partial charge in [0, 0.05) is 13.1 Å². The molecule has 26 heavy (non-hydrogen) atoms. The smallest absolute Gasteiger partial charge is 0.326 e. The van der Waals surface area contributed by atoms with Gasteiger partial charge in [0.05, 0.1) is 6.61 Å². The van der Waals surface area contributed by atoms with Crippen LogP contribution in [0.1, 0.15) is 18.1 Å². The van der Waals surface area contributed by atoms with Crippen LogP contribution in [0.15, 0.2) is 60.7 Å². The summed E-state index contributed by atoms with van der Waals surface area (Å²) in [6, 6.07) is 16.9. The van der Waals surface area contributed by atoms with E-state index >= 15 is 0 Å². The van der Waals surface area contributed by atoms with Gasteiger partial charge in [0.15, 0.2) is 0 Å². The summed E-state index contributed by atoms with van der Waals surface area (Å²) >= 11 is 0. The van der Waals surface area contributed by atoms with Gasteiger partial charge < -0.3 is 9.84 Å². The Labute approximate surface area is 152 Å². The molecule has 6 heteroatoms. The number of benzene rings is 2. The predicted molar refractivity (Wildman–Crippen MR) is 94.6 cm³/mol. The summed E-state index contributed by atoms with van der Waals surface area (Å²) in [5, 5.41) is 10.0. The second kappa shape index (κ2) is 9.99.